The number of nitriles is 1. The number of aromatic nitrogens is 4. The Kier molecular flexibility index (Phi) is 8.43. The summed E-state index contributed by atoms with van der Waals surface area (Å²) < 4.78 is 49.3. The van der Waals surface area contributed by atoms with Crippen molar-refractivity contribution in [2.75, 3.05) is 37.0 Å². The summed E-state index contributed by atoms with van der Waals surface area (Å²) in [5.41, 5.74) is 1.76. The predicted molar refractivity (Wildman–Crippen MR) is 154 cm³/mol. The number of methoxy groups -OCH3 is 1. The fourth-order valence-electron chi connectivity index (χ4n) is 5.07. The molecule has 43 heavy (non-hydrogen) atoms. The molecule has 1 aliphatic heterocycles. The maximum Gasteiger partial charge on any atom is 0.416 e. The van der Waals surface area contributed by atoms with E-state index in [2.05, 4.69) is 31.9 Å². The standard InChI is InChI=1S/C30H29F3N8O2/c1-4-36-26-12-20(21-6-5-18(14-34)9-22(21)28-39-37-17-40(28)2)13-27(38-26)41-16-24-23(29(41)42)10-19(15-35-7-8-43-3)11-25(24)30(31,32)33/h5-6,9-13,17,35H,4,7-8,15-16H2,1-3H3,(H,36,38). The van der Waals surface area contributed by atoms with Gasteiger partial charge in [-0.2, -0.15) is 18.4 Å². The second-order valence-electron chi connectivity index (χ2n) is 10.00. The molecule has 13 heteroatoms. The quantitative estimate of drug-likeness (QED) is 0.254. The van der Waals surface area contributed by atoms with Crippen LogP contribution >= 0.6 is 0 Å². The number of aryl methyl sites for hydroxylation is 1. The number of hydrogen-bond donors (Lipinski definition) is 2. The van der Waals surface area contributed by atoms with E-state index in [-0.39, 0.29) is 30.0 Å². The van der Waals surface area contributed by atoms with Gasteiger partial charge in [-0.15, -0.1) is 10.2 Å². The highest BCUT2D eigenvalue weighted by molar-refractivity contribution is 6.10. The molecule has 1 aliphatic rings. The summed E-state index contributed by atoms with van der Waals surface area (Å²) in [7, 11) is 3.31. The molecule has 0 unspecified atom stereocenters. The van der Waals surface area contributed by atoms with Crippen molar-refractivity contribution in [3.8, 4) is 28.6 Å². The zero-order valence-electron chi connectivity index (χ0n) is 23.8. The third-order valence-corrected chi connectivity index (χ3v) is 7.08. The second kappa shape index (κ2) is 12.2. The van der Waals surface area contributed by atoms with Crippen molar-refractivity contribution in [1.82, 2.24) is 25.1 Å². The van der Waals surface area contributed by atoms with Gasteiger partial charge in [-0.25, -0.2) is 4.98 Å². The molecule has 2 aromatic heterocycles. The lowest BCUT2D eigenvalue weighted by Gasteiger charge is -2.19. The highest BCUT2D eigenvalue weighted by Gasteiger charge is 2.41. The zero-order chi connectivity index (χ0) is 30.7. The van der Waals surface area contributed by atoms with E-state index in [9.17, 15) is 23.2 Å². The number of carbonyl (C=O) groups excluding carboxylic acids is 1. The highest BCUT2D eigenvalue weighted by Crippen LogP contribution is 2.41. The van der Waals surface area contributed by atoms with E-state index in [1.807, 2.05) is 6.92 Å². The highest BCUT2D eigenvalue weighted by atomic mass is 19.4. The summed E-state index contributed by atoms with van der Waals surface area (Å²) in [6, 6.07) is 13.3. The summed E-state index contributed by atoms with van der Waals surface area (Å²) in [6.45, 7) is 3.11. The zero-order valence-corrected chi connectivity index (χ0v) is 23.8. The van der Waals surface area contributed by atoms with Gasteiger partial charge in [0, 0.05) is 44.9 Å². The fraction of sp³-hybridized carbons (Fsp3) is 0.300. The molecule has 4 aromatic rings. The average Bonchev–Trinajstić information content (AvgIpc) is 3.56. The number of hydrogen-bond acceptors (Lipinski definition) is 8. The van der Waals surface area contributed by atoms with Crippen molar-refractivity contribution in [1.29, 1.82) is 5.26 Å². The smallest absolute Gasteiger partial charge is 0.383 e. The van der Waals surface area contributed by atoms with E-state index in [0.717, 1.165) is 6.07 Å². The Labute approximate surface area is 246 Å². The van der Waals surface area contributed by atoms with Gasteiger partial charge < -0.3 is 19.9 Å². The van der Waals surface area contributed by atoms with Gasteiger partial charge in [-0.3, -0.25) is 9.69 Å². The van der Waals surface area contributed by atoms with Gasteiger partial charge in [0.05, 0.1) is 30.3 Å². The molecule has 1 amide bonds. The largest absolute Gasteiger partial charge is 0.416 e. The first-order valence-electron chi connectivity index (χ1n) is 13.5. The first-order chi connectivity index (χ1) is 20.6. The Morgan fingerprint density at radius 1 is 1.12 bits per heavy atom. The van der Waals surface area contributed by atoms with Gasteiger partial charge >= 0.3 is 6.18 Å². The van der Waals surface area contributed by atoms with E-state index in [1.165, 1.54) is 18.1 Å². The number of ether oxygens (including phenoxy) is 1. The lowest BCUT2D eigenvalue weighted by Crippen LogP contribution is -2.24. The summed E-state index contributed by atoms with van der Waals surface area (Å²) in [5.74, 6) is 0.572. The lowest BCUT2D eigenvalue weighted by atomic mass is 9.97. The summed E-state index contributed by atoms with van der Waals surface area (Å²) in [5, 5.41) is 23.9. The van der Waals surface area contributed by atoms with E-state index >= 15 is 0 Å². The molecule has 0 fully saturated rings. The Morgan fingerprint density at radius 2 is 1.93 bits per heavy atom. The molecule has 0 radical (unpaired) electrons. The molecule has 2 N–H and O–H groups in total. The van der Waals surface area contributed by atoms with Crippen LogP contribution in [0.2, 0.25) is 0 Å². The van der Waals surface area contributed by atoms with Crippen LogP contribution in [0.25, 0.3) is 22.5 Å². The van der Waals surface area contributed by atoms with Crippen molar-refractivity contribution in [2.24, 2.45) is 7.05 Å². The number of carbonyl (C=O) groups is 1. The molecule has 0 bridgehead atoms. The SMILES string of the molecule is CCNc1cc(-c2ccc(C#N)cc2-c2nncn2C)cc(N2Cc3c(cc(CNCCOC)cc3C(F)(F)F)C2=O)n1. The number of fused-ring (bicyclic) bond motifs is 1. The molecule has 3 heterocycles. The molecular weight excluding hydrogens is 561 g/mol. The Hall–Kier alpha value is -4.80. The van der Waals surface area contributed by atoms with Gasteiger partial charge in [-0.05, 0) is 65.6 Å². The third kappa shape index (κ3) is 6.06. The van der Waals surface area contributed by atoms with Gasteiger partial charge in [0.2, 0.25) is 0 Å². The topological polar surface area (TPSA) is 121 Å². The summed E-state index contributed by atoms with van der Waals surface area (Å²) in [4.78, 5) is 19.6. The number of rotatable bonds is 10. The summed E-state index contributed by atoms with van der Waals surface area (Å²) >= 11 is 0. The molecule has 0 saturated heterocycles. The van der Waals surface area contributed by atoms with Crippen molar-refractivity contribution in [3.63, 3.8) is 0 Å². The number of anilines is 2. The monoisotopic (exact) mass is 590 g/mol. The maximum absolute atomic E-state index is 14.2. The number of nitrogens with one attached hydrogen (secondary N) is 2. The first-order valence-corrected chi connectivity index (χ1v) is 13.5. The van der Waals surface area contributed by atoms with Gasteiger partial charge in [0.25, 0.3) is 5.91 Å². The van der Waals surface area contributed by atoms with Gasteiger partial charge in [0.15, 0.2) is 5.82 Å². The van der Waals surface area contributed by atoms with Crippen molar-refractivity contribution in [2.45, 2.75) is 26.2 Å². The van der Waals surface area contributed by atoms with Crippen LogP contribution in [0.5, 0.6) is 0 Å². The van der Waals surface area contributed by atoms with Gasteiger partial charge in [-0.1, -0.05) is 6.07 Å². The van der Waals surface area contributed by atoms with Crippen LogP contribution in [0.4, 0.5) is 24.8 Å². The summed E-state index contributed by atoms with van der Waals surface area (Å²) in [6.07, 6.45) is -3.11. The number of pyridine rings is 1. The maximum atomic E-state index is 14.2. The van der Waals surface area contributed by atoms with Crippen molar-refractivity contribution in [3.05, 3.63) is 76.6 Å². The van der Waals surface area contributed by atoms with Crippen molar-refractivity contribution >= 4 is 17.5 Å². The first kappa shape index (κ1) is 29.7. The Morgan fingerprint density at radius 3 is 2.60 bits per heavy atom. The molecule has 10 nitrogen and oxygen atoms in total. The number of amides is 1. The predicted octanol–water partition coefficient (Wildman–Crippen LogP) is 4.76. The van der Waals surface area contributed by atoms with Crippen LogP contribution in [0.15, 0.2) is 48.8 Å². The third-order valence-electron chi connectivity index (χ3n) is 7.08. The molecular formula is C30H29F3N8O2. The van der Waals surface area contributed by atoms with Crippen LogP contribution in [0, 0.1) is 11.3 Å². The van der Waals surface area contributed by atoms with Crippen molar-refractivity contribution < 1.29 is 22.7 Å². The van der Waals surface area contributed by atoms with Crippen LogP contribution in [-0.2, 0) is 31.1 Å². The molecule has 0 aliphatic carbocycles. The Balaban J connectivity index is 1.59. The van der Waals surface area contributed by atoms with Crippen LogP contribution in [0.1, 0.15) is 39.5 Å². The molecule has 0 saturated carbocycles. The molecule has 5 rings (SSSR count). The Bertz CT molecular complexity index is 1710. The average molecular weight is 591 g/mol. The normalized spacial score (nSPS) is 12.9. The number of benzene rings is 2. The van der Waals surface area contributed by atoms with Gasteiger partial charge in [0.1, 0.15) is 18.0 Å². The minimum absolute atomic E-state index is 0.00582. The molecule has 2 aromatic carbocycles. The fourth-order valence-corrected chi connectivity index (χ4v) is 5.07. The number of alkyl halides is 3. The number of nitrogens with zero attached hydrogens (tertiary/aromatic N) is 6. The number of halogens is 3. The molecule has 222 valence electrons. The van der Waals surface area contributed by atoms with E-state index < -0.39 is 17.6 Å². The van der Waals surface area contributed by atoms with E-state index in [1.54, 1.807) is 48.3 Å². The lowest BCUT2D eigenvalue weighted by molar-refractivity contribution is -0.138. The van der Waals surface area contributed by atoms with Crippen LogP contribution in [-0.4, -0.2) is 52.5 Å². The minimum atomic E-state index is -4.65. The minimum Gasteiger partial charge on any atom is -0.383 e. The van der Waals surface area contributed by atoms with E-state index in [0.29, 0.717) is 59.2 Å². The second-order valence-corrected chi connectivity index (χ2v) is 10.00. The van der Waals surface area contributed by atoms with Crippen LogP contribution in [0.3, 0.4) is 0 Å². The molecule has 0 atom stereocenters. The molecule has 0 spiro atoms. The van der Waals surface area contributed by atoms with E-state index in [4.69, 9.17) is 4.74 Å². The van der Waals surface area contributed by atoms with Crippen LogP contribution < -0.4 is 15.5 Å².